The zero-order valence-electron chi connectivity index (χ0n) is 27.5. The lowest BCUT2D eigenvalue weighted by Gasteiger charge is -2.39. The second kappa shape index (κ2) is 13.5. The lowest BCUT2D eigenvalue weighted by Crippen LogP contribution is -2.30. The molecule has 0 aliphatic heterocycles. The molecule has 3 aliphatic rings. The van der Waals surface area contributed by atoms with E-state index < -0.39 is 0 Å². The fourth-order valence-corrected chi connectivity index (χ4v) is 7.63. The van der Waals surface area contributed by atoms with Gasteiger partial charge < -0.3 is 0 Å². The molecule has 1 aromatic heterocycles. The van der Waals surface area contributed by atoms with Gasteiger partial charge >= 0.3 is 0 Å². The van der Waals surface area contributed by atoms with Gasteiger partial charge in [0.15, 0.2) is 17.5 Å². The summed E-state index contributed by atoms with van der Waals surface area (Å²) in [5, 5.41) is 0. The second-order valence-electron chi connectivity index (χ2n) is 13.3. The van der Waals surface area contributed by atoms with E-state index in [2.05, 4.69) is 134 Å². The summed E-state index contributed by atoms with van der Waals surface area (Å²) in [4.78, 5) is 15.1. The minimum absolute atomic E-state index is 0.0275. The molecular formula is C45H41N3. The van der Waals surface area contributed by atoms with E-state index >= 15 is 0 Å². The number of benzene rings is 4. The van der Waals surface area contributed by atoms with Gasteiger partial charge in [-0.2, -0.15) is 0 Å². The van der Waals surface area contributed by atoms with Crippen LogP contribution in [0.15, 0.2) is 140 Å². The third-order valence-corrected chi connectivity index (χ3v) is 10.3. The summed E-state index contributed by atoms with van der Waals surface area (Å²) in [5.74, 6) is 2.14. The van der Waals surface area contributed by atoms with E-state index in [1.54, 1.807) is 0 Å². The smallest absolute Gasteiger partial charge is 0.164 e. The van der Waals surface area contributed by atoms with E-state index in [-0.39, 0.29) is 5.41 Å². The first-order valence-electron chi connectivity index (χ1n) is 17.6. The fraction of sp³-hybridized carbons (Fsp3) is 0.222. The maximum Gasteiger partial charge on any atom is 0.164 e. The Balaban J connectivity index is 1.14. The van der Waals surface area contributed by atoms with E-state index in [0.717, 1.165) is 48.2 Å². The summed E-state index contributed by atoms with van der Waals surface area (Å²) in [6.45, 7) is 0. The van der Waals surface area contributed by atoms with Crippen LogP contribution >= 0.6 is 0 Å². The lowest BCUT2D eigenvalue weighted by molar-refractivity contribution is 0.346. The van der Waals surface area contributed by atoms with Gasteiger partial charge in [-0.15, -0.1) is 0 Å². The Hall–Kier alpha value is -5.15. The molecule has 1 fully saturated rings. The SMILES string of the molecule is C1=CC(c2ccc(C3(c4ccc(-c5nc(C6=CCCC=C6)nc(-c6ccc(-c7ccccc7)cc6)n5)cc4)CCCCC3)cc2)=CCC1. The molecule has 5 aromatic rings. The predicted octanol–water partition coefficient (Wildman–Crippen LogP) is 11.6. The summed E-state index contributed by atoms with van der Waals surface area (Å²) in [5.41, 5.74) is 10.9. The third-order valence-electron chi connectivity index (χ3n) is 10.3. The topological polar surface area (TPSA) is 38.7 Å². The molecule has 3 aliphatic carbocycles. The van der Waals surface area contributed by atoms with Crippen molar-refractivity contribution < 1.29 is 0 Å². The van der Waals surface area contributed by atoms with Gasteiger partial charge in [-0.1, -0.05) is 159 Å². The molecule has 0 unspecified atom stereocenters. The van der Waals surface area contributed by atoms with Crippen LogP contribution in [0.5, 0.6) is 0 Å². The molecule has 3 nitrogen and oxygen atoms in total. The van der Waals surface area contributed by atoms with Gasteiger partial charge in [0.1, 0.15) is 0 Å². The van der Waals surface area contributed by atoms with E-state index in [4.69, 9.17) is 15.0 Å². The molecule has 236 valence electrons. The van der Waals surface area contributed by atoms with Crippen LogP contribution in [-0.4, -0.2) is 15.0 Å². The third kappa shape index (κ3) is 6.13. The Bertz CT molecular complexity index is 2010. The zero-order valence-corrected chi connectivity index (χ0v) is 27.5. The first-order chi connectivity index (χ1) is 23.7. The van der Waals surface area contributed by atoms with Crippen molar-refractivity contribution in [1.29, 1.82) is 0 Å². The number of aromatic nitrogens is 3. The van der Waals surface area contributed by atoms with Gasteiger partial charge in [-0.3, -0.25) is 0 Å². The molecule has 1 saturated carbocycles. The highest BCUT2D eigenvalue weighted by molar-refractivity contribution is 5.76. The summed E-state index contributed by atoms with van der Waals surface area (Å²) >= 11 is 0. The van der Waals surface area contributed by atoms with E-state index in [1.807, 2.05) is 6.07 Å². The van der Waals surface area contributed by atoms with Crippen molar-refractivity contribution in [3.63, 3.8) is 0 Å². The first-order valence-corrected chi connectivity index (χ1v) is 17.6. The molecule has 0 bridgehead atoms. The number of nitrogens with zero attached hydrogens (tertiary/aromatic N) is 3. The molecule has 1 heterocycles. The Morgan fingerprint density at radius 2 is 0.875 bits per heavy atom. The van der Waals surface area contributed by atoms with Gasteiger partial charge in [-0.05, 0) is 71.9 Å². The summed E-state index contributed by atoms with van der Waals surface area (Å²) in [6.07, 6.45) is 24.0. The Morgan fingerprint density at radius 3 is 1.44 bits per heavy atom. The van der Waals surface area contributed by atoms with Gasteiger partial charge in [0.25, 0.3) is 0 Å². The molecule has 0 N–H and O–H groups in total. The first kappa shape index (κ1) is 30.2. The molecule has 4 aromatic carbocycles. The van der Waals surface area contributed by atoms with Gasteiger partial charge in [0, 0.05) is 22.1 Å². The largest absolute Gasteiger partial charge is 0.208 e. The van der Waals surface area contributed by atoms with Crippen LogP contribution in [0.25, 0.3) is 45.0 Å². The molecule has 0 radical (unpaired) electrons. The average Bonchev–Trinajstić information content (AvgIpc) is 3.19. The van der Waals surface area contributed by atoms with Gasteiger partial charge in [0.2, 0.25) is 0 Å². The standard InChI is InChI=1S/C45H41N3/c1-5-13-33(14-6-1)35-19-21-38(22-20-35)43-46-42(37-17-9-3-10-18-37)47-44(48-43)39-25-29-41(30-26-39)45(31-11-4-12-32-45)40-27-23-36(24-28-40)34-15-7-2-8-16-34/h1,5-7,9,13-30H,2-4,8,10-12,31-32H2. The summed E-state index contributed by atoms with van der Waals surface area (Å²) < 4.78 is 0. The molecule has 0 amide bonds. The van der Waals surface area contributed by atoms with Crippen LogP contribution in [0.3, 0.4) is 0 Å². The zero-order chi connectivity index (χ0) is 32.2. The minimum Gasteiger partial charge on any atom is -0.208 e. The second-order valence-corrected chi connectivity index (χ2v) is 13.3. The van der Waals surface area contributed by atoms with E-state index in [9.17, 15) is 0 Å². The Morgan fingerprint density at radius 1 is 0.396 bits per heavy atom. The number of hydrogen-bond donors (Lipinski definition) is 0. The van der Waals surface area contributed by atoms with Crippen molar-refractivity contribution in [2.24, 2.45) is 0 Å². The van der Waals surface area contributed by atoms with Crippen molar-refractivity contribution in [1.82, 2.24) is 15.0 Å². The lowest BCUT2D eigenvalue weighted by atomic mass is 9.65. The summed E-state index contributed by atoms with van der Waals surface area (Å²) in [7, 11) is 0. The summed E-state index contributed by atoms with van der Waals surface area (Å²) in [6, 6.07) is 37.6. The number of rotatable bonds is 7. The van der Waals surface area contributed by atoms with Crippen molar-refractivity contribution in [3.8, 4) is 33.9 Å². The van der Waals surface area contributed by atoms with Crippen LogP contribution in [0, 0.1) is 0 Å². The van der Waals surface area contributed by atoms with Gasteiger partial charge in [-0.25, -0.2) is 15.0 Å². The molecule has 0 spiro atoms. The molecule has 8 rings (SSSR count). The normalized spacial score (nSPS) is 17.1. The highest BCUT2D eigenvalue weighted by atomic mass is 15.0. The van der Waals surface area contributed by atoms with Crippen LogP contribution < -0.4 is 0 Å². The maximum atomic E-state index is 5.06. The average molecular weight is 624 g/mol. The minimum atomic E-state index is 0.0275. The van der Waals surface area contributed by atoms with Crippen molar-refractivity contribution >= 4 is 11.1 Å². The van der Waals surface area contributed by atoms with Crippen molar-refractivity contribution in [3.05, 3.63) is 162 Å². The molecule has 3 heteroatoms. The van der Waals surface area contributed by atoms with Crippen LogP contribution in [0.2, 0.25) is 0 Å². The highest BCUT2D eigenvalue weighted by Gasteiger charge is 2.35. The quantitative estimate of drug-likeness (QED) is 0.181. The Labute approximate surface area is 284 Å². The van der Waals surface area contributed by atoms with Gasteiger partial charge in [0.05, 0.1) is 0 Å². The maximum absolute atomic E-state index is 5.06. The number of hydrogen-bond acceptors (Lipinski definition) is 3. The number of allylic oxidation sites excluding steroid dienone is 8. The van der Waals surface area contributed by atoms with Crippen LogP contribution in [0.1, 0.15) is 80.3 Å². The molecule has 0 saturated heterocycles. The van der Waals surface area contributed by atoms with Crippen molar-refractivity contribution in [2.45, 2.75) is 63.2 Å². The van der Waals surface area contributed by atoms with E-state index in [1.165, 1.54) is 65.5 Å². The Kier molecular flexibility index (Phi) is 8.51. The monoisotopic (exact) mass is 623 g/mol. The fourth-order valence-electron chi connectivity index (χ4n) is 7.63. The highest BCUT2D eigenvalue weighted by Crippen LogP contribution is 2.45. The van der Waals surface area contributed by atoms with E-state index in [0.29, 0.717) is 11.6 Å². The van der Waals surface area contributed by atoms with Crippen molar-refractivity contribution in [2.75, 3.05) is 0 Å². The molecular weight excluding hydrogens is 583 g/mol. The molecule has 48 heavy (non-hydrogen) atoms. The predicted molar refractivity (Wildman–Crippen MR) is 199 cm³/mol. The molecule has 0 atom stereocenters. The van der Waals surface area contributed by atoms with Crippen LogP contribution in [-0.2, 0) is 5.41 Å². The van der Waals surface area contributed by atoms with Crippen LogP contribution in [0.4, 0.5) is 0 Å².